The summed E-state index contributed by atoms with van der Waals surface area (Å²) in [5.74, 6) is 0.869. The van der Waals surface area contributed by atoms with Gasteiger partial charge in [0.15, 0.2) is 11.5 Å². The maximum Gasteiger partial charge on any atom is 0.203 e. The second-order valence-electron chi connectivity index (χ2n) is 13.9. The third-order valence-corrected chi connectivity index (χ3v) is 9.26. The van der Waals surface area contributed by atoms with Crippen LogP contribution in [0, 0.1) is 0 Å². The number of aldehydes is 1. The average Bonchev–Trinajstić information content (AvgIpc) is 3.10. The number of ether oxygens (including phenoxy) is 3. The van der Waals surface area contributed by atoms with Gasteiger partial charge in [-0.15, -0.1) is 0 Å². The molecule has 0 heterocycles. The van der Waals surface area contributed by atoms with Crippen molar-refractivity contribution in [3.63, 3.8) is 0 Å². The first-order valence-electron chi connectivity index (χ1n) is 21.6. The lowest BCUT2D eigenvalue weighted by Crippen LogP contribution is -2.07. The summed E-state index contributed by atoms with van der Waals surface area (Å²) < 4.78 is 36.2. The highest BCUT2D eigenvalue weighted by Crippen LogP contribution is 2.39. The van der Waals surface area contributed by atoms with Crippen LogP contribution < -0.4 is 14.2 Å². The topological polar surface area (TPSA) is 44.8 Å². The molecule has 274 valence electrons. The predicted molar refractivity (Wildman–Crippen MR) is 204 cm³/mol. The van der Waals surface area contributed by atoms with Crippen molar-refractivity contribution in [3.05, 3.63) is 17.6 Å². The fraction of sp³-hybridized carbons (Fsp3) is 0.837. The van der Waals surface area contributed by atoms with Gasteiger partial charge in [0, 0.05) is 5.56 Å². The Kier molecular flexibility index (Phi) is 28.9. The SMILES string of the molecule is [2H]c1c(C=O)c([2H])c(OCCCCCCCCCCCC)c(OCCCCCCCCCCCC)c1OCCCCCCCCCCCC. The Morgan fingerprint density at radius 3 is 0.957 bits per heavy atom. The lowest BCUT2D eigenvalue weighted by atomic mass is 10.1. The van der Waals surface area contributed by atoms with Crippen LogP contribution in [0.2, 0.25) is 0 Å². The van der Waals surface area contributed by atoms with Gasteiger partial charge >= 0.3 is 0 Å². The standard InChI is InChI=1S/C43H78O4/c1-4-7-10-13-16-19-22-25-28-31-34-45-41-37-40(39-44)38-42(46-35-32-29-26-23-20-17-14-11-8-5-2)43(41)47-36-33-30-27-24-21-18-15-12-9-6-3/h37-39H,4-36H2,1-3H3/i37D,38D. The van der Waals surface area contributed by atoms with E-state index in [1.54, 1.807) is 0 Å². The van der Waals surface area contributed by atoms with Gasteiger partial charge < -0.3 is 14.2 Å². The smallest absolute Gasteiger partial charge is 0.203 e. The molecule has 0 atom stereocenters. The van der Waals surface area contributed by atoms with Gasteiger partial charge in [0.2, 0.25) is 5.75 Å². The molecule has 4 nitrogen and oxygen atoms in total. The van der Waals surface area contributed by atoms with Crippen LogP contribution in [0.25, 0.3) is 0 Å². The summed E-state index contributed by atoms with van der Waals surface area (Å²) in [6.45, 7) is 8.19. The van der Waals surface area contributed by atoms with E-state index in [1.165, 1.54) is 154 Å². The van der Waals surface area contributed by atoms with E-state index in [-0.39, 0.29) is 29.1 Å². The second kappa shape index (κ2) is 34.2. The zero-order valence-corrected chi connectivity index (χ0v) is 31.5. The van der Waals surface area contributed by atoms with Crippen molar-refractivity contribution in [1.82, 2.24) is 0 Å². The Balaban J connectivity index is 2.71. The Morgan fingerprint density at radius 2 is 0.681 bits per heavy atom. The van der Waals surface area contributed by atoms with Crippen LogP contribution in [0.3, 0.4) is 0 Å². The zero-order valence-electron chi connectivity index (χ0n) is 33.5. The van der Waals surface area contributed by atoms with Crippen molar-refractivity contribution in [1.29, 1.82) is 0 Å². The van der Waals surface area contributed by atoms with Crippen LogP contribution in [0.15, 0.2) is 12.1 Å². The zero-order chi connectivity index (χ0) is 35.6. The normalized spacial score (nSPS) is 11.8. The first kappa shape index (κ1) is 39.7. The van der Waals surface area contributed by atoms with Crippen LogP contribution in [0.4, 0.5) is 0 Å². The van der Waals surface area contributed by atoms with E-state index in [0.29, 0.717) is 31.9 Å². The van der Waals surface area contributed by atoms with E-state index in [1.807, 2.05) is 0 Å². The molecule has 47 heavy (non-hydrogen) atoms. The van der Waals surface area contributed by atoms with Gasteiger partial charge in [-0.25, -0.2) is 0 Å². The lowest BCUT2D eigenvalue weighted by molar-refractivity contribution is 0.112. The minimum absolute atomic E-state index is 0.0161. The minimum atomic E-state index is -0.0589. The molecule has 0 saturated carbocycles. The monoisotopic (exact) mass is 661 g/mol. The average molecular weight is 661 g/mol. The summed E-state index contributed by atoms with van der Waals surface area (Å²) in [5.41, 5.74) is 0.0161. The maximum atomic E-state index is 12.1. The van der Waals surface area contributed by atoms with E-state index >= 15 is 0 Å². The first-order valence-corrected chi connectivity index (χ1v) is 20.6. The highest BCUT2D eigenvalue weighted by Gasteiger charge is 2.16. The molecule has 0 bridgehead atoms. The summed E-state index contributed by atoms with van der Waals surface area (Å²) in [7, 11) is 0. The number of rotatable bonds is 37. The van der Waals surface area contributed by atoms with Crippen LogP contribution in [-0.2, 0) is 0 Å². The molecule has 0 saturated heterocycles. The molecule has 0 aliphatic carbocycles. The van der Waals surface area contributed by atoms with Crippen LogP contribution in [-0.4, -0.2) is 26.1 Å². The van der Waals surface area contributed by atoms with Crippen molar-refractivity contribution < 1.29 is 21.7 Å². The summed E-state index contributed by atoms with van der Waals surface area (Å²) in [6.07, 6.45) is 37.8. The third-order valence-electron chi connectivity index (χ3n) is 9.26. The molecular weight excluding hydrogens is 580 g/mol. The van der Waals surface area contributed by atoms with Gasteiger partial charge in [0.05, 0.1) is 22.6 Å². The van der Waals surface area contributed by atoms with Crippen LogP contribution in [0.1, 0.15) is 226 Å². The van der Waals surface area contributed by atoms with Crippen molar-refractivity contribution in [2.24, 2.45) is 0 Å². The molecule has 0 aliphatic heterocycles. The number of hydrogen-bond acceptors (Lipinski definition) is 4. The Hall–Kier alpha value is -1.71. The summed E-state index contributed by atoms with van der Waals surface area (Å²) in [5, 5.41) is 0. The minimum Gasteiger partial charge on any atom is -0.490 e. The van der Waals surface area contributed by atoms with Crippen molar-refractivity contribution in [2.75, 3.05) is 19.8 Å². The largest absolute Gasteiger partial charge is 0.490 e. The first-order chi connectivity index (χ1) is 24.1. The Bertz CT molecular complexity index is 853. The van der Waals surface area contributed by atoms with Crippen molar-refractivity contribution in [3.8, 4) is 17.2 Å². The summed E-state index contributed by atoms with van der Waals surface area (Å²) in [4.78, 5) is 12.1. The summed E-state index contributed by atoms with van der Waals surface area (Å²) >= 11 is 0. The third kappa shape index (κ3) is 25.9. The molecule has 0 fully saturated rings. The number of hydrogen-bond donors (Lipinski definition) is 0. The van der Waals surface area contributed by atoms with E-state index in [9.17, 15) is 4.79 Å². The van der Waals surface area contributed by atoms with Crippen molar-refractivity contribution >= 4 is 6.29 Å². The van der Waals surface area contributed by atoms with Gasteiger partial charge in [-0.05, 0) is 31.3 Å². The molecule has 1 rings (SSSR count). The molecule has 0 aliphatic rings. The Morgan fingerprint density at radius 1 is 0.426 bits per heavy atom. The van der Waals surface area contributed by atoms with E-state index in [4.69, 9.17) is 17.0 Å². The van der Waals surface area contributed by atoms with E-state index < -0.39 is 0 Å². The predicted octanol–water partition coefficient (Wildman–Crippen LogP) is 14.4. The second-order valence-corrected chi connectivity index (χ2v) is 13.9. The molecule has 0 radical (unpaired) electrons. The highest BCUT2D eigenvalue weighted by molar-refractivity contribution is 5.78. The fourth-order valence-corrected chi connectivity index (χ4v) is 6.18. The molecule has 0 unspecified atom stereocenters. The summed E-state index contributed by atoms with van der Waals surface area (Å²) in [6, 6.07) is -0.118. The van der Waals surface area contributed by atoms with Crippen LogP contribution in [0.5, 0.6) is 17.2 Å². The molecule has 0 N–H and O–H groups in total. The van der Waals surface area contributed by atoms with Gasteiger partial charge in [0.25, 0.3) is 0 Å². The number of carbonyl (C=O) groups is 1. The number of unbranched alkanes of at least 4 members (excludes halogenated alkanes) is 27. The highest BCUT2D eigenvalue weighted by atomic mass is 16.5. The van der Waals surface area contributed by atoms with Crippen LogP contribution >= 0.6 is 0 Å². The van der Waals surface area contributed by atoms with Gasteiger partial charge in [-0.2, -0.15) is 0 Å². The quantitative estimate of drug-likeness (QED) is 0.0526. The maximum absolute atomic E-state index is 12.1. The molecule has 1 aromatic carbocycles. The van der Waals surface area contributed by atoms with Gasteiger partial charge in [-0.1, -0.05) is 194 Å². The molecule has 0 aromatic heterocycles. The van der Waals surface area contributed by atoms with E-state index in [2.05, 4.69) is 20.8 Å². The fourth-order valence-electron chi connectivity index (χ4n) is 6.18. The molecule has 1 aromatic rings. The molecule has 0 spiro atoms. The lowest BCUT2D eigenvalue weighted by Gasteiger charge is -2.18. The van der Waals surface area contributed by atoms with E-state index in [0.717, 1.165) is 38.5 Å². The van der Waals surface area contributed by atoms with Gasteiger partial charge in [0.1, 0.15) is 6.29 Å². The number of carbonyl (C=O) groups excluding carboxylic acids is 1. The Labute approximate surface area is 295 Å². The molecule has 4 heteroatoms. The van der Waals surface area contributed by atoms with Gasteiger partial charge in [-0.3, -0.25) is 4.79 Å². The molecular formula is C43H78O4. The number of benzene rings is 1. The molecule has 0 amide bonds. The van der Waals surface area contributed by atoms with Crippen molar-refractivity contribution in [2.45, 2.75) is 213 Å².